The van der Waals surface area contributed by atoms with Gasteiger partial charge in [-0.15, -0.1) is 11.3 Å². The van der Waals surface area contributed by atoms with Crippen molar-refractivity contribution in [2.45, 2.75) is 45.1 Å². The van der Waals surface area contributed by atoms with Crippen LogP contribution in [0.3, 0.4) is 0 Å². The molecule has 37 heavy (non-hydrogen) atoms. The van der Waals surface area contributed by atoms with E-state index in [2.05, 4.69) is 30.7 Å². The molecule has 2 amide bonds. The third-order valence-corrected chi connectivity index (χ3v) is 8.62. The number of rotatable bonds is 5. The molecular formula is C26H30N8O2S. The van der Waals surface area contributed by atoms with Crippen molar-refractivity contribution in [1.29, 1.82) is 0 Å². The smallest absolute Gasteiger partial charge is 0.260 e. The van der Waals surface area contributed by atoms with E-state index in [1.54, 1.807) is 33.9 Å². The molecule has 6 rings (SSSR count). The summed E-state index contributed by atoms with van der Waals surface area (Å²) in [4.78, 5) is 35.1. The van der Waals surface area contributed by atoms with Gasteiger partial charge in [-0.2, -0.15) is 10.2 Å². The van der Waals surface area contributed by atoms with E-state index in [1.807, 2.05) is 26.4 Å². The van der Waals surface area contributed by atoms with Gasteiger partial charge in [-0.3, -0.25) is 24.2 Å². The second kappa shape index (κ2) is 9.71. The van der Waals surface area contributed by atoms with Gasteiger partial charge in [0.15, 0.2) is 0 Å². The number of carbonyl (C=O) groups is 2. The van der Waals surface area contributed by atoms with Gasteiger partial charge in [0.1, 0.15) is 4.83 Å². The van der Waals surface area contributed by atoms with Crippen LogP contribution in [0.1, 0.15) is 48.2 Å². The quantitative estimate of drug-likeness (QED) is 0.414. The van der Waals surface area contributed by atoms with Gasteiger partial charge in [-0.25, -0.2) is 4.52 Å². The molecular weight excluding hydrogens is 488 g/mol. The Morgan fingerprint density at radius 2 is 1.89 bits per heavy atom. The average Bonchev–Trinajstić information content (AvgIpc) is 3.61. The fraction of sp³-hybridized carbons (Fsp3) is 0.423. The van der Waals surface area contributed by atoms with E-state index in [4.69, 9.17) is 0 Å². The molecule has 11 heteroatoms. The minimum absolute atomic E-state index is 0.0121. The minimum Gasteiger partial charge on any atom is -0.324 e. The van der Waals surface area contributed by atoms with E-state index in [9.17, 15) is 9.59 Å². The molecule has 6 heterocycles. The van der Waals surface area contributed by atoms with E-state index in [1.165, 1.54) is 24.2 Å². The van der Waals surface area contributed by atoms with Gasteiger partial charge in [0, 0.05) is 31.0 Å². The van der Waals surface area contributed by atoms with Crippen LogP contribution < -0.4 is 10.6 Å². The van der Waals surface area contributed by atoms with Crippen LogP contribution in [0.15, 0.2) is 37.1 Å². The maximum absolute atomic E-state index is 13.2. The van der Waals surface area contributed by atoms with E-state index in [-0.39, 0.29) is 17.7 Å². The number of nitrogens with one attached hydrogen (secondary N) is 2. The third kappa shape index (κ3) is 4.64. The van der Waals surface area contributed by atoms with Crippen molar-refractivity contribution in [1.82, 2.24) is 29.3 Å². The molecule has 192 valence electrons. The van der Waals surface area contributed by atoms with Gasteiger partial charge in [0.2, 0.25) is 5.91 Å². The first-order chi connectivity index (χ1) is 18.0. The normalized spacial score (nSPS) is 20.1. The van der Waals surface area contributed by atoms with Crippen LogP contribution in [-0.4, -0.2) is 60.2 Å². The number of amides is 2. The summed E-state index contributed by atoms with van der Waals surface area (Å²) >= 11 is 1.49. The average molecular weight is 519 g/mol. The molecule has 2 N–H and O–H groups in total. The van der Waals surface area contributed by atoms with Gasteiger partial charge >= 0.3 is 0 Å². The monoisotopic (exact) mass is 518 g/mol. The van der Waals surface area contributed by atoms with Gasteiger partial charge in [-0.05, 0) is 51.8 Å². The highest BCUT2D eigenvalue weighted by atomic mass is 32.1. The van der Waals surface area contributed by atoms with Crippen molar-refractivity contribution in [3.63, 3.8) is 0 Å². The number of carbonyl (C=O) groups excluding carboxylic acids is 2. The van der Waals surface area contributed by atoms with Crippen molar-refractivity contribution < 1.29 is 9.59 Å². The molecule has 4 aromatic rings. The summed E-state index contributed by atoms with van der Waals surface area (Å²) < 4.78 is 3.45. The van der Waals surface area contributed by atoms with Crippen LogP contribution in [0.4, 0.5) is 11.4 Å². The summed E-state index contributed by atoms with van der Waals surface area (Å²) in [5.41, 5.74) is 3.28. The summed E-state index contributed by atoms with van der Waals surface area (Å²) in [6.07, 6.45) is 14.3. The highest BCUT2D eigenvalue weighted by Gasteiger charge is 2.37. The number of fused-ring (bicyclic) bond motifs is 2. The molecule has 0 radical (unpaired) electrons. The predicted octanol–water partition coefficient (Wildman–Crippen LogP) is 3.96. The molecule has 0 aliphatic carbocycles. The lowest BCUT2D eigenvalue weighted by molar-refractivity contribution is -0.124. The fourth-order valence-electron chi connectivity index (χ4n) is 5.54. The minimum atomic E-state index is -0.270. The number of hydrogen-bond donors (Lipinski definition) is 2. The predicted molar refractivity (Wildman–Crippen MR) is 143 cm³/mol. The van der Waals surface area contributed by atoms with E-state index < -0.39 is 0 Å². The fourth-order valence-corrected chi connectivity index (χ4v) is 6.57. The van der Waals surface area contributed by atoms with E-state index in [0.29, 0.717) is 28.7 Å². The SMILES string of the molecule is Cc1ncc(NC(=O)[C@@H]2CCCN3CCCCC23)cc1NC(=O)c1cnn2cc(-c3cnn(C)c3)sc12. The summed E-state index contributed by atoms with van der Waals surface area (Å²) in [7, 11) is 1.87. The number of piperidine rings is 2. The lowest BCUT2D eigenvalue weighted by Gasteiger charge is -2.43. The zero-order chi connectivity index (χ0) is 25.5. The van der Waals surface area contributed by atoms with Crippen LogP contribution in [0.2, 0.25) is 0 Å². The maximum Gasteiger partial charge on any atom is 0.260 e. The Balaban J connectivity index is 1.18. The van der Waals surface area contributed by atoms with Crippen molar-refractivity contribution in [2.75, 3.05) is 23.7 Å². The Morgan fingerprint density at radius 3 is 2.73 bits per heavy atom. The summed E-state index contributed by atoms with van der Waals surface area (Å²) in [6.45, 7) is 4.02. The molecule has 2 saturated heterocycles. The van der Waals surface area contributed by atoms with Crippen molar-refractivity contribution in [3.8, 4) is 10.4 Å². The Morgan fingerprint density at radius 1 is 1.03 bits per heavy atom. The molecule has 2 atom stereocenters. The molecule has 0 saturated carbocycles. The molecule has 2 aliphatic rings. The molecule has 0 spiro atoms. The van der Waals surface area contributed by atoms with Gasteiger partial charge < -0.3 is 10.6 Å². The van der Waals surface area contributed by atoms with Crippen LogP contribution in [0.5, 0.6) is 0 Å². The van der Waals surface area contributed by atoms with Crippen molar-refractivity contribution in [3.05, 3.63) is 48.3 Å². The van der Waals surface area contributed by atoms with E-state index in [0.717, 1.165) is 47.6 Å². The standard InChI is InChI=1S/C26H30N8O2S/c1-16-21(10-18(12-27-16)30-24(35)19-6-5-9-33-8-4-3-7-22(19)33)31-25(36)20-13-29-34-15-23(37-26(20)34)17-11-28-32(2)14-17/h10-15,19,22H,3-9H2,1-2H3,(H,30,35)(H,31,36)/t19-,22?/m1/s1. The summed E-state index contributed by atoms with van der Waals surface area (Å²) in [5.74, 6) is -0.241. The van der Waals surface area contributed by atoms with Crippen molar-refractivity contribution in [2.24, 2.45) is 13.0 Å². The van der Waals surface area contributed by atoms with Crippen LogP contribution >= 0.6 is 11.3 Å². The molecule has 10 nitrogen and oxygen atoms in total. The van der Waals surface area contributed by atoms with Crippen molar-refractivity contribution >= 4 is 39.4 Å². The number of aryl methyl sites for hydroxylation is 2. The van der Waals surface area contributed by atoms with Gasteiger partial charge in [0.25, 0.3) is 5.91 Å². The topological polar surface area (TPSA) is 109 Å². The lowest BCUT2D eigenvalue weighted by atomic mass is 9.83. The Hall–Kier alpha value is -3.57. The van der Waals surface area contributed by atoms with E-state index >= 15 is 0 Å². The highest BCUT2D eigenvalue weighted by Crippen LogP contribution is 2.33. The van der Waals surface area contributed by atoms with Gasteiger partial charge in [0.05, 0.1) is 52.0 Å². The number of thiazole rings is 1. The number of anilines is 2. The molecule has 2 fully saturated rings. The Bertz CT molecular complexity index is 1470. The molecule has 0 aromatic carbocycles. The maximum atomic E-state index is 13.2. The zero-order valence-electron chi connectivity index (χ0n) is 21.0. The summed E-state index contributed by atoms with van der Waals surface area (Å²) in [6, 6.07) is 2.11. The number of aromatic nitrogens is 5. The first kappa shape index (κ1) is 23.8. The Labute approximate surface area is 218 Å². The number of nitrogens with zero attached hydrogens (tertiary/aromatic N) is 6. The molecule has 2 aliphatic heterocycles. The number of hydrogen-bond acceptors (Lipinski definition) is 7. The lowest BCUT2D eigenvalue weighted by Crippen LogP contribution is -2.51. The zero-order valence-corrected chi connectivity index (χ0v) is 21.8. The summed E-state index contributed by atoms with van der Waals surface area (Å²) in [5, 5.41) is 14.6. The third-order valence-electron chi connectivity index (χ3n) is 7.46. The molecule has 4 aromatic heterocycles. The van der Waals surface area contributed by atoms with Crippen LogP contribution in [-0.2, 0) is 11.8 Å². The molecule has 1 unspecified atom stereocenters. The Kier molecular flexibility index (Phi) is 6.25. The van der Waals surface area contributed by atoms with Gasteiger partial charge in [-0.1, -0.05) is 6.42 Å². The number of pyridine rings is 1. The molecule has 0 bridgehead atoms. The second-order valence-corrected chi connectivity index (χ2v) is 11.0. The first-order valence-electron chi connectivity index (χ1n) is 12.8. The second-order valence-electron chi connectivity index (χ2n) is 9.95. The van der Waals surface area contributed by atoms with Crippen LogP contribution in [0, 0.1) is 12.8 Å². The highest BCUT2D eigenvalue weighted by molar-refractivity contribution is 7.21. The largest absolute Gasteiger partial charge is 0.324 e. The first-order valence-corrected chi connectivity index (χ1v) is 13.6. The van der Waals surface area contributed by atoms with Crippen LogP contribution in [0.25, 0.3) is 15.3 Å².